The predicted molar refractivity (Wildman–Crippen MR) is 83.3 cm³/mol. The second-order valence-electron chi connectivity index (χ2n) is 6.25. The second-order valence-corrected chi connectivity index (χ2v) is 7.25. The van der Waals surface area contributed by atoms with E-state index in [1.807, 2.05) is 34.6 Å². The van der Waals surface area contributed by atoms with Gasteiger partial charge in [0.05, 0.1) is 5.60 Å². The number of carbonyl (C=O) groups excluding carboxylic acids is 1. The molecule has 20 heavy (non-hydrogen) atoms. The first-order valence-electron chi connectivity index (χ1n) is 6.42. The number of carbonyl (C=O) groups is 1. The van der Waals surface area contributed by atoms with Gasteiger partial charge in [0.25, 0.3) is 5.91 Å². The van der Waals surface area contributed by atoms with Crippen molar-refractivity contribution in [2.75, 3.05) is 24.7 Å². The van der Waals surface area contributed by atoms with Crippen LogP contribution in [0.1, 0.15) is 44.3 Å². The lowest BCUT2D eigenvalue weighted by atomic mass is 10.1. The fourth-order valence-corrected chi connectivity index (χ4v) is 2.32. The number of thiazole rings is 1. The Hall–Kier alpha value is -1.34. The maximum absolute atomic E-state index is 12.1. The third-order valence-electron chi connectivity index (χ3n) is 2.57. The molecular weight excluding hydrogens is 276 g/mol. The van der Waals surface area contributed by atoms with Crippen molar-refractivity contribution in [3.8, 4) is 0 Å². The molecule has 1 aromatic rings. The minimum Gasteiger partial charge on any atom is -0.382 e. The highest BCUT2D eigenvalue weighted by Gasteiger charge is 2.22. The number of nitrogens with two attached hydrogens (primary N) is 1. The van der Waals surface area contributed by atoms with E-state index in [9.17, 15) is 4.79 Å². The monoisotopic (exact) mass is 300 g/mol. The first-order chi connectivity index (χ1) is 9.04. The molecule has 6 nitrogen and oxygen atoms in total. The van der Waals surface area contributed by atoms with Crippen LogP contribution in [0.5, 0.6) is 0 Å². The minimum absolute atomic E-state index is 0.129. The molecule has 0 fully saturated rings. The van der Waals surface area contributed by atoms with Crippen LogP contribution in [-0.4, -0.2) is 35.7 Å². The molecule has 0 aromatic carbocycles. The molecule has 0 aliphatic rings. The number of nitrogens with zero attached hydrogens (tertiary/aromatic N) is 1. The molecule has 0 spiro atoms. The third-order valence-corrected chi connectivity index (χ3v) is 3.55. The summed E-state index contributed by atoms with van der Waals surface area (Å²) in [7, 11) is 1.61. The maximum atomic E-state index is 12.1. The van der Waals surface area contributed by atoms with Gasteiger partial charge in [-0.1, -0.05) is 11.3 Å². The van der Waals surface area contributed by atoms with Crippen molar-refractivity contribution >= 4 is 28.2 Å². The highest BCUT2D eigenvalue weighted by atomic mass is 32.1. The lowest BCUT2D eigenvalue weighted by Crippen LogP contribution is -2.39. The van der Waals surface area contributed by atoms with E-state index in [0.717, 1.165) is 0 Å². The van der Waals surface area contributed by atoms with Gasteiger partial charge in [-0.25, -0.2) is 4.98 Å². The fraction of sp³-hybridized carbons (Fsp3) is 0.692. The number of hydrogen-bond acceptors (Lipinski definition) is 6. The Labute approximate surface area is 124 Å². The third kappa shape index (κ3) is 4.97. The molecule has 4 N–H and O–H groups in total. The molecule has 1 aromatic heterocycles. The predicted octanol–water partition coefficient (Wildman–Crippen LogP) is 2.09. The standard InChI is InChI=1S/C13H24N4O2S/c1-12(2,3)17-11-16-9(14)8(20-11)10(18)15-7-13(4,5)19-6/h7,14H2,1-6H3,(H,15,18)(H,16,17). The van der Waals surface area contributed by atoms with E-state index in [2.05, 4.69) is 15.6 Å². The van der Waals surface area contributed by atoms with Gasteiger partial charge in [0, 0.05) is 19.2 Å². The summed E-state index contributed by atoms with van der Waals surface area (Å²) < 4.78 is 5.25. The van der Waals surface area contributed by atoms with Gasteiger partial charge in [-0.05, 0) is 34.6 Å². The maximum Gasteiger partial charge on any atom is 0.265 e. The molecule has 1 heterocycles. The largest absolute Gasteiger partial charge is 0.382 e. The summed E-state index contributed by atoms with van der Waals surface area (Å²) >= 11 is 1.25. The van der Waals surface area contributed by atoms with E-state index in [-0.39, 0.29) is 17.3 Å². The van der Waals surface area contributed by atoms with E-state index >= 15 is 0 Å². The Balaban J connectivity index is 2.74. The van der Waals surface area contributed by atoms with E-state index in [1.54, 1.807) is 7.11 Å². The number of aromatic nitrogens is 1. The van der Waals surface area contributed by atoms with Gasteiger partial charge >= 0.3 is 0 Å². The number of anilines is 2. The zero-order valence-corrected chi connectivity index (χ0v) is 13.8. The first-order valence-corrected chi connectivity index (χ1v) is 7.23. The Morgan fingerprint density at radius 3 is 2.45 bits per heavy atom. The van der Waals surface area contributed by atoms with Crippen LogP contribution in [0.2, 0.25) is 0 Å². The van der Waals surface area contributed by atoms with Gasteiger partial charge in [-0.3, -0.25) is 4.79 Å². The molecule has 1 rings (SSSR count). The number of rotatable bonds is 5. The molecule has 0 saturated carbocycles. The molecule has 0 unspecified atom stereocenters. The smallest absolute Gasteiger partial charge is 0.265 e. The Morgan fingerprint density at radius 1 is 1.35 bits per heavy atom. The van der Waals surface area contributed by atoms with Crippen LogP contribution in [0, 0.1) is 0 Å². The van der Waals surface area contributed by atoms with Gasteiger partial charge in [-0.15, -0.1) is 0 Å². The number of amides is 1. The van der Waals surface area contributed by atoms with Gasteiger partial charge in [0.15, 0.2) is 5.13 Å². The van der Waals surface area contributed by atoms with Crippen LogP contribution < -0.4 is 16.4 Å². The molecule has 0 bridgehead atoms. The topological polar surface area (TPSA) is 89.3 Å². The second kappa shape index (κ2) is 5.97. The molecular formula is C13H24N4O2S. The van der Waals surface area contributed by atoms with Gasteiger partial charge in [0.2, 0.25) is 0 Å². The Morgan fingerprint density at radius 2 is 1.95 bits per heavy atom. The van der Waals surface area contributed by atoms with Crippen LogP contribution in [0.4, 0.5) is 10.9 Å². The lowest BCUT2D eigenvalue weighted by molar-refractivity contribution is 0.0229. The number of methoxy groups -OCH3 is 1. The molecule has 0 radical (unpaired) electrons. The van der Waals surface area contributed by atoms with E-state index < -0.39 is 5.60 Å². The average Bonchev–Trinajstić information content (AvgIpc) is 2.65. The van der Waals surface area contributed by atoms with E-state index in [1.165, 1.54) is 11.3 Å². The van der Waals surface area contributed by atoms with Crippen LogP contribution in [0.15, 0.2) is 0 Å². The van der Waals surface area contributed by atoms with Crippen LogP contribution in [0.25, 0.3) is 0 Å². The molecule has 0 saturated heterocycles. The molecule has 1 amide bonds. The summed E-state index contributed by atoms with van der Waals surface area (Å²) in [6.07, 6.45) is 0. The zero-order valence-electron chi connectivity index (χ0n) is 13.0. The number of nitrogens with one attached hydrogen (secondary N) is 2. The van der Waals surface area contributed by atoms with Crippen molar-refractivity contribution in [1.82, 2.24) is 10.3 Å². The van der Waals surface area contributed by atoms with Crippen molar-refractivity contribution in [1.29, 1.82) is 0 Å². The van der Waals surface area contributed by atoms with Crippen molar-refractivity contribution < 1.29 is 9.53 Å². The number of hydrogen-bond donors (Lipinski definition) is 3. The summed E-state index contributed by atoms with van der Waals surface area (Å²) in [4.78, 5) is 16.7. The van der Waals surface area contributed by atoms with Gasteiger partial charge in [-0.2, -0.15) is 0 Å². The molecule has 0 aliphatic heterocycles. The van der Waals surface area contributed by atoms with Crippen molar-refractivity contribution in [2.45, 2.75) is 45.8 Å². The Bertz CT molecular complexity index is 477. The summed E-state index contributed by atoms with van der Waals surface area (Å²) in [6.45, 7) is 10.3. The fourth-order valence-electron chi connectivity index (χ4n) is 1.31. The Kier molecular flexibility index (Phi) is 4.99. The molecule has 114 valence electrons. The number of ether oxygens (including phenoxy) is 1. The van der Waals surface area contributed by atoms with E-state index in [0.29, 0.717) is 16.6 Å². The summed E-state index contributed by atoms with van der Waals surface area (Å²) in [5.74, 6) is 0.0153. The highest BCUT2D eigenvalue weighted by molar-refractivity contribution is 7.18. The van der Waals surface area contributed by atoms with Gasteiger partial charge < -0.3 is 21.1 Å². The van der Waals surface area contributed by atoms with Crippen molar-refractivity contribution in [3.63, 3.8) is 0 Å². The molecule has 0 atom stereocenters. The highest BCUT2D eigenvalue weighted by Crippen LogP contribution is 2.27. The van der Waals surface area contributed by atoms with Crippen molar-refractivity contribution in [3.05, 3.63) is 4.88 Å². The molecule has 7 heteroatoms. The van der Waals surface area contributed by atoms with Crippen LogP contribution >= 0.6 is 11.3 Å². The minimum atomic E-state index is -0.415. The number of nitrogen functional groups attached to an aromatic ring is 1. The van der Waals surface area contributed by atoms with Gasteiger partial charge in [0.1, 0.15) is 10.7 Å². The normalized spacial score (nSPS) is 12.3. The molecule has 0 aliphatic carbocycles. The van der Waals surface area contributed by atoms with Crippen LogP contribution in [-0.2, 0) is 4.74 Å². The lowest BCUT2D eigenvalue weighted by Gasteiger charge is -2.22. The zero-order chi connectivity index (χ0) is 15.6. The quantitative estimate of drug-likeness (QED) is 0.775. The summed E-state index contributed by atoms with van der Waals surface area (Å²) in [5, 5.41) is 6.65. The average molecular weight is 300 g/mol. The van der Waals surface area contributed by atoms with Crippen molar-refractivity contribution in [2.24, 2.45) is 0 Å². The van der Waals surface area contributed by atoms with E-state index in [4.69, 9.17) is 10.5 Å². The first kappa shape index (κ1) is 16.7. The summed E-state index contributed by atoms with van der Waals surface area (Å²) in [5.41, 5.74) is 5.26. The summed E-state index contributed by atoms with van der Waals surface area (Å²) in [6, 6.07) is 0. The SMILES string of the molecule is COC(C)(C)CNC(=O)c1sc(NC(C)(C)C)nc1N. The van der Waals surface area contributed by atoms with Crippen LogP contribution in [0.3, 0.4) is 0 Å².